The summed E-state index contributed by atoms with van der Waals surface area (Å²) in [7, 11) is 0. The molecule has 0 saturated carbocycles. The van der Waals surface area contributed by atoms with E-state index < -0.39 is 17.6 Å². The van der Waals surface area contributed by atoms with Gasteiger partial charge in [-0.2, -0.15) is 8.78 Å². The Balaban J connectivity index is 1.98. The van der Waals surface area contributed by atoms with E-state index in [-0.39, 0.29) is 22.0 Å². The quantitative estimate of drug-likeness (QED) is 0.633. The lowest BCUT2D eigenvalue weighted by atomic mass is 10.2. The van der Waals surface area contributed by atoms with Gasteiger partial charge >= 0.3 is 0 Å². The number of rotatable bonds is 7. The highest BCUT2D eigenvalue weighted by Crippen LogP contribution is 2.31. The van der Waals surface area contributed by atoms with Gasteiger partial charge in [0, 0.05) is 10.6 Å². The van der Waals surface area contributed by atoms with Crippen molar-refractivity contribution < 1.29 is 18.4 Å². The maximum Gasteiger partial charge on any atom is 0.288 e. The van der Waals surface area contributed by atoms with Gasteiger partial charge in [-0.05, 0) is 30.3 Å². The maximum atomic E-state index is 12.5. The van der Waals surface area contributed by atoms with Crippen molar-refractivity contribution in [2.24, 2.45) is 5.73 Å². The van der Waals surface area contributed by atoms with Crippen LogP contribution in [0.3, 0.4) is 0 Å². The highest BCUT2D eigenvalue weighted by atomic mass is 35.5. The minimum Gasteiger partial charge on any atom is -0.376 e. The van der Waals surface area contributed by atoms with E-state index >= 15 is 0 Å². The predicted molar refractivity (Wildman–Crippen MR) is 95.4 cm³/mol. The molecule has 0 heterocycles. The Bertz CT molecular complexity index is 790. The van der Waals surface area contributed by atoms with Gasteiger partial charge in [0.25, 0.3) is 5.76 Å². The molecule has 2 aromatic carbocycles. The molecule has 0 aliphatic carbocycles. The normalized spacial score (nSPS) is 10.6. The Hall–Kier alpha value is -2.32. The summed E-state index contributed by atoms with van der Waals surface area (Å²) in [6.07, 6.45) is 0. The Labute approximate surface area is 151 Å². The Morgan fingerprint density at radius 3 is 2.56 bits per heavy atom. The molecule has 2 amide bonds. The molecule has 0 aromatic heterocycles. The van der Waals surface area contributed by atoms with E-state index in [2.05, 4.69) is 10.6 Å². The second-order valence-corrected chi connectivity index (χ2v) is 6.27. The number of hydrogen-bond donors (Lipinski definition) is 3. The smallest absolute Gasteiger partial charge is 0.288 e. The predicted octanol–water partition coefficient (Wildman–Crippen LogP) is 3.80. The first-order valence-corrected chi connectivity index (χ1v) is 8.29. The van der Waals surface area contributed by atoms with Crippen molar-refractivity contribution in [3.63, 3.8) is 0 Å². The third kappa shape index (κ3) is 5.61. The number of nitrogens with two attached hydrogens (primary N) is 1. The molecule has 0 atom stereocenters. The highest BCUT2D eigenvalue weighted by molar-refractivity contribution is 7.99. The van der Waals surface area contributed by atoms with Crippen molar-refractivity contribution in [3.8, 4) is 0 Å². The van der Waals surface area contributed by atoms with Gasteiger partial charge in [0.15, 0.2) is 0 Å². The lowest BCUT2D eigenvalue weighted by molar-refractivity contribution is -0.114. The molecule has 0 spiro atoms. The van der Waals surface area contributed by atoms with E-state index in [4.69, 9.17) is 17.3 Å². The number of nitrogens with one attached hydrogen (secondary N) is 2. The van der Waals surface area contributed by atoms with Gasteiger partial charge in [0.1, 0.15) is 0 Å². The van der Waals surface area contributed by atoms with Gasteiger partial charge in [-0.3, -0.25) is 9.59 Å². The Morgan fingerprint density at radius 2 is 1.92 bits per heavy atom. The number of anilines is 2. The monoisotopic (exact) mass is 385 g/mol. The van der Waals surface area contributed by atoms with Crippen molar-refractivity contribution in [2.75, 3.05) is 17.2 Å². The number of benzene rings is 2. The van der Waals surface area contributed by atoms with E-state index in [1.54, 1.807) is 24.3 Å². The van der Waals surface area contributed by atoms with Crippen molar-refractivity contribution >= 4 is 46.6 Å². The van der Waals surface area contributed by atoms with Crippen LogP contribution in [0, 0.1) is 0 Å². The summed E-state index contributed by atoms with van der Waals surface area (Å²) in [6.45, 7) is -0.111. The fourth-order valence-electron chi connectivity index (χ4n) is 1.97. The summed E-state index contributed by atoms with van der Waals surface area (Å²) in [5.41, 5.74) is 6.16. The molecule has 0 aliphatic rings. The molecule has 4 N–H and O–H groups in total. The van der Waals surface area contributed by atoms with E-state index in [0.29, 0.717) is 23.1 Å². The molecule has 0 bridgehead atoms. The van der Waals surface area contributed by atoms with Crippen LogP contribution in [0.5, 0.6) is 0 Å². The summed E-state index contributed by atoms with van der Waals surface area (Å²) in [6, 6.07) is 10.8. The Morgan fingerprint density at radius 1 is 1.20 bits per heavy atom. The largest absolute Gasteiger partial charge is 0.376 e. The number of carbonyl (C=O) groups excluding carboxylic acids is 2. The van der Waals surface area contributed by atoms with Crippen LogP contribution >= 0.6 is 23.4 Å². The van der Waals surface area contributed by atoms with Crippen LogP contribution in [-0.4, -0.2) is 24.1 Å². The average Bonchev–Trinajstić information content (AvgIpc) is 2.54. The van der Waals surface area contributed by atoms with Crippen molar-refractivity contribution in [1.29, 1.82) is 0 Å². The van der Waals surface area contributed by atoms with Gasteiger partial charge in [-0.1, -0.05) is 35.5 Å². The second-order valence-electron chi connectivity index (χ2n) is 4.84. The molecule has 0 unspecified atom stereocenters. The molecule has 2 rings (SSSR count). The molecule has 0 saturated heterocycles. The summed E-state index contributed by atoms with van der Waals surface area (Å²) in [4.78, 5) is 23.4. The number of para-hydroxylation sites is 1. The standard InChI is InChI=1S/C16H14ClF2N3O2S/c17-11-7-9(5-6-10(11)15(20)24)21-8-14(23)22-12-3-1-2-4-13(12)25-16(18)19/h1-7,16,21H,8H2,(H2,20,24)(H,22,23). The molecule has 0 radical (unpaired) electrons. The van der Waals surface area contributed by atoms with Gasteiger partial charge < -0.3 is 16.4 Å². The van der Waals surface area contributed by atoms with Crippen LogP contribution in [0.2, 0.25) is 5.02 Å². The van der Waals surface area contributed by atoms with Crippen molar-refractivity contribution in [2.45, 2.75) is 10.7 Å². The third-order valence-corrected chi connectivity index (χ3v) is 4.17. The van der Waals surface area contributed by atoms with E-state index in [1.165, 1.54) is 18.2 Å². The van der Waals surface area contributed by atoms with Gasteiger partial charge in [-0.15, -0.1) is 0 Å². The van der Waals surface area contributed by atoms with Crippen molar-refractivity contribution in [1.82, 2.24) is 0 Å². The van der Waals surface area contributed by atoms with Gasteiger partial charge in [0.05, 0.1) is 22.8 Å². The fraction of sp³-hybridized carbons (Fsp3) is 0.125. The van der Waals surface area contributed by atoms with Crippen LogP contribution < -0.4 is 16.4 Å². The molecule has 25 heavy (non-hydrogen) atoms. The van der Waals surface area contributed by atoms with E-state index in [1.807, 2.05) is 0 Å². The first kappa shape index (κ1) is 19.0. The molecular formula is C16H14ClF2N3O2S. The number of alkyl halides is 2. The fourth-order valence-corrected chi connectivity index (χ4v) is 2.84. The van der Waals surface area contributed by atoms with Crippen LogP contribution in [0.4, 0.5) is 20.2 Å². The highest BCUT2D eigenvalue weighted by Gasteiger charge is 2.12. The lowest BCUT2D eigenvalue weighted by Crippen LogP contribution is -2.22. The van der Waals surface area contributed by atoms with Crippen LogP contribution in [0.25, 0.3) is 0 Å². The number of primary amides is 1. The average molecular weight is 386 g/mol. The molecule has 5 nitrogen and oxygen atoms in total. The molecule has 9 heteroatoms. The van der Waals surface area contributed by atoms with Crippen LogP contribution in [0.15, 0.2) is 47.4 Å². The van der Waals surface area contributed by atoms with Crippen LogP contribution in [-0.2, 0) is 4.79 Å². The number of carbonyl (C=O) groups is 2. The minimum absolute atomic E-state index is 0.111. The summed E-state index contributed by atoms with van der Waals surface area (Å²) in [5.74, 6) is -3.65. The summed E-state index contributed by atoms with van der Waals surface area (Å²) < 4.78 is 25.1. The summed E-state index contributed by atoms with van der Waals surface area (Å²) in [5, 5.41) is 5.56. The zero-order valence-electron chi connectivity index (χ0n) is 12.8. The zero-order valence-corrected chi connectivity index (χ0v) is 14.3. The lowest BCUT2D eigenvalue weighted by Gasteiger charge is -2.12. The molecular weight excluding hydrogens is 372 g/mol. The van der Waals surface area contributed by atoms with Gasteiger partial charge in [-0.25, -0.2) is 0 Å². The molecule has 0 fully saturated rings. The minimum atomic E-state index is -2.58. The number of halogens is 3. The maximum absolute atomic E-state index is 12.5. The molecule has 0 aliphatic heterocycles. The SMILES string of the molecule is NC(=O)c1ccc(NCC(=O)Nc2ccccc2SC(F)F)cc1Cl. The van der Waals surface area contributed by atoms with Gasteiger partial charge in [0.2, 0.25) is 11.8 Å². The van der Waals surface area contributed by atoms with E-state index in [9.17, 15) is 18.4 Å². The summed E-state index contributed by atoms with van der Waals surface area (Å²) >= 11 is 6.28. The Kier molecular flexibility index (Phi) is 6.60. The number of amides is 2. The third-order valence-electron chi connectivity index (χ3n) is 3.06. The second kappa shape index (κ2) is 8.68. The van der Waals surface area contributed by atoms with Crippen molar-refractivity contribution in [3.05, 3.63) is 53.1 Å². The zero-order chi connectivity index (χ0) is 18.4. The van der Waals surface area contributed by atoms with E-state index in [0.717, 1.165) is 0 Å². The number of thioether (sulfide) groups is 1. The first-order valence-electron chi connectivity index (χ1n) is 7.03. The topological polar surface area (TPSA) is 84.2 Å². The first-order chi connectivity index (χ1) is 11.9. The molecule has 132 valence electrons. The molecule has 2 aromatic rings. The van der Waals surface area contributed by atoms with Crippen LogP contribution in [0.1, 0.15) is 10.4 Å². The number of hydrogen-bond acceptors (Lipinski definition) is 4.